The summed E-state index contributed by atoms with van der Waals surface area (Å²) in [5.74, 6) is 0.355. The molecule has 1 aliphatic heterocycles. The summed E-state index contributed by atoms with van der Waals surface area (Å²) in [7, 11) is 0. The van der Waals surface area contributed by atoms with Crippen LogP contribution in [0.4, 0.5) is 5.95 Å². The fourth-order valence-corrected chi connectivity index (χ4v) is 2.69. The minimum atomic E-state index is -0.0268. The zero-order chi connectivity index (χ0) is 13.8. The van der Waals surface area contributed by atoms with Gasteiger partial charge in [0.05, 0.1) is 6.54 Å². The molecule has 108 valence electrons. The Kier molecular flexibility index (Phi) is 4.22. The van der Waals surface area contributed by atoms with Crippen LogP contribution in [0.15, 0.2) is 18.5 Å². The summed E-state index contributed by atoms with van der Waals surface area (Å²) in [6.07, 6.45) is 8.14. The Labute approximate surface area is 119 Å². The SMILES string of the molecule is O=C(CN(CC1CCCN1)C1CC1)Nc1ncccn1. The first-order valence-corrected chi connectivity index (χ1v) is 7.35. The van der Waals surface area contributed by atoms with Crippen LogP contribution in [0, 0.1) is 0 Å². The van der Waals surface area contributed by atoms with Crippen LogP contribution in [-0.2, 0) is 4.79 Å². The molecular formula is C14H21N5O. The normalized spacial score (nSPS) is 22.1. The van der Waals surface area contributed by atoms with Crippen molar-refractivity contribution in [3.63, 3.8) is 0 Å². The van der Waals surface area contributed by atoms with Crippen LogP contribution in [0.25, 0.3) is 0 Å². The summed E-state index contributed by atoms with van der Waals surface area (Å²) in [4.78, 5) is 22.4. The van der Waals surface area contributed by atoms with Crippen molar-refractivity contribution in [3.8, 4) is 0 Å². The van der Waals surface area contributed by atoms with E-state index in [1.807, 2.05) is 0 Å². The number of hydrogen-bond acceptors (Lipinski definition) is 5. The maximum atomic E-state index is 12.1. The third-order valence-electron chi connectivity index (χ3n) is 3.84. The van der Waals surface area contributed by atoms with Gasteiger partial charge in [0.2, 0.25) is 11.9 Å². The van der Waals surface area contributed by atoms with Gasteiger partial charge in [0.15, 0.2) is 0 Å². The summed E-state index contributed by atoms with van der Waals surface area (Å²) < 4.78 is 0. The second kappa shape index (κ2) is 6.28. The van der Waals surface area contributed by atoms with E-state index in [4.69, 9.17) is 0 Å². The van der Waals surface area contributed by atoms with E-state index in [1.54, 1.807) is 18.5 Å². The van der Waals surface area contributed by atoms with Gasteiger partial charge in [-0.15, -0.1) is 0 Å². The van der Waals surface area contributed by atoms with E-state index in [1.165, 1.54) is 25.7 Å². The van der Waals surface area contributed by atoms with Gasteiger partial charge in [-0.2, -0.15) is 0 Å². The molecule has 1 aromatic heterocycles. The predicted molar refractivity (Wildman–Crippen MR) is 76.3 cm³/mol. The van der Waals surface area contributed by atoms with Crippen molar-refractivity contribution in [1.29, 1.82) is 0 Å². The number of hydrogen-bond donors (Lipinski definition) is 2. The molecule has 6 heteroatoms. The van der Waals surface area contributed by atoms with Gasteiger partial charge in [-0.1, -0.05) is 0 Å². The molecule has 0 bridgehead atoms. The Hall–Kier alpha value is -1.53. The number of carbonyl (C=O) groups is 1. The number of aromatic nitrogens is 2. The Morgan fingerprint density at radius 1 is 1.35 bits per heavy atom. The monoisotopic (exact) mass is 275 g/mol. The molecule has 1 saturated heterocycles. The van der Waals surface area contributed by atoms with Crippen molar-refractivity contribution < 1.29 is 4.79 Å². The van der Waals surface area contributed by atoms with E-state index >= 15 is 0 Å². The fourth-order valence-electron chi connectivity index (χ4n) is 2.69. The lowest BCUT2D eigenvalue weighted by Gasteiger charge is -2.24. The van der Waals surface area contributed by atoms with Gasteiger partial charge < -0.3 is 5.32 Å². The summed E-state index contributed by atoms with van der Waals surface area (Å²) in [6.45, 7) is 2.50. The van der Waals surface area contributed by atoms with E-state index in [0.717, 1.165) is 13.1 Å². The van der Waals surface area contributed by atoms with Crippen LogP contribution in [0.5, 0.6) is 0 Å². The van der Waals surface area contributed by atoms with E-state index in [0.29, 0.717) is 24.6 Å². The van der Waals surface area contributed by atoms with Crippen molar-refractivity contribution in [2.45, 2.75) is 37.8 Å². The predicted octanol–water partition coefficient (Wildman–Crippen LogP) is 0.631. The molecule has 3 rings (SSSR count). The van der Waals surface area contributed by atoms with Crippen molar-refractivity contribution in [2.24, 2.45) is 0 Å². The first kappa shape index (κ1) is 13.5. The largest absolute Gasteiger partial charge is 0.313 e. The van der Waals surface area contributed by atoms with Gasteiger partial charge in [-0.25, -0.2) is 9.97 Å². The standard InChI is InChI=1S/C14H21N5O/c20-13(18-14-16-7-2-8-17-14)10-19(12-4-5-12)9-11-3-1-6-15-11/h2,7-8,11-12,15H,1,3-6,9-10H2,(H,16,17,18,20). The second-order valence-electron chi connectivity index (χ2n) is 5.57. The molecule has 1 amide bonds. The Morgan fingerprint density at radius 2 is 2.15 bits per heavy atom. The minimum absolute atomic E-state index is 0.0268. The van der Waals surface area contributed by atoms with Gasteiger partial charge in [-0.05, 0) is 38.3 Å². The van der Waals surface area contributed by atoms with Crippen LogP contribution in [-0.4, -0.2) is 52.5 Å². The number of carbonyl (C=O) groups excluding carboxylic acids is 1. The topological polar surface area (TPSA) is 70.2 Å². The maximum absolute atomic E-state index is 12.1. The minimum Gasteiger partial charge on any atom is -0.313 e. The lowest BCUT2D eigenvalue weighted by Crippen LogP contribution is -2.42. The summed E-state index contributed by atoms with van der Waals surface area (Å²) in [5.41, 5.74) is 0. The Bertz CT molecular complexity index is 442. The lowest BCUT2D eigenvalue weighted by atomic mass is 10.2. The molecule has 1 aromatic rings. The van der Waals surface area contributed by atoms with Gasteiger partial charge >= 0.3 is 0 Å². The summed E-state index contributed by atoms with van der Waals surface area (Å²) >= 11 is 0. The average molecular weight is 275 g/mol. The van der Waals surface area contributed by atoms with Crippen molar-refractivity contribution >= 4 is 11.9 Å². The molecule has 6 nitrogen and oxygen atoms in total. The fraction of sp³-hybridized carbons (Fsp3) is 0.643. The average Bonchev–Trinajstić information content (AvgIpc) is 3.18. The van der Waals surface area contributed by atoms with Crippen LogP contribution in [0.3, 0.4) is 0 Å². The third kappa shape index (κ3) is 3.74. The van der Waals surface area contributed by atoms with Crippen LogP contribution >= 0.6 is 0 Å². The number of anilines is 1. The lowest BCUT2D eigenvalue weighted by molar-refractivity contribution is -0.117. The Morgan fingerprint density at radius 3 is 2.80 bits per heavy atom. The quantitative estimate of drug-likeness (QED) is 0.797. The Balaban J connectivity index is 1.51. The molecule has 2 heterocycles. The van der Waals surface area contributed by atoms with Gasteiger partial charge in [-0.3, -0.25) is 15.0 Å². The molecule has 1 atom stereocenters. The smallest absolute Gasteiger partial charge is 0.240 e. The molecule has 1 unspecified atom stereocenters. The number of nitrogens with zero attached hydrogens (tertiary/aromatic N) is 3. The van der Waals surface area contributed by atoms with E-state index < -0.39 is 0 Å². The highest BCUT2D eigenvalue weighted by molar-refractivity contribution is 5.90. The first-order chi connectivity index (χ1) is 9.81. The zero-order valence-corrected chi connectivity index (χ0v) is 11.6. The van der Waals surface area contributed by atoms with Gasteiger partial charge in [0.25, 0.3) is 0 Å². The maximum Gasteiger partial charge on any atom is 0.240 e. The van der Waals surface area contributed by atoms with Gasteiger partial charge in [0.1, 0.15) is 0 Å². The highest BCUT2D eigenvalue weighted by Crippen LogP contribution is 2.27. The van der Waals surface area contributed by atoms with Crippen LogP contribution in [0.1, 0.15) is 25.7 Å². The molecule has 0 spiro atoms. The molecule has 0 aromatic carbocycles. The van der Waals surface area contributed by atoms with E-state index in [2.05, 4.69) is 25.5 Å². The molecule has 2 N–H and O–H groups in total. The number of amides is 1. The molecule has 1 aliphatic carbocycles. The first-order valence-electron chi connectivity index (χ1n) is 7.35. The van der Waals surface area contributed by atoms with Crippen molar-refractivity contribution in [3.05, 3.63) is 18.5 Å². The molecule has 2 fully saturated rings. The summed E-state index contributed by atoms with van der Waals surface area (Å²) in [5, 5.41) is 6.25. The van der Waals surface area contributed by atoms with E-state index in [9.17, 15) is 4.79 Å². The summed E-state index contributed by atoms with van der Waals surface area (Å²) in [6, 6.07) is 2.86. The highest BCUT2D eigenvalue weighted by Gasteiger charge is 2.32. The molecular weight excluding hydrogens is 254 g/mol. The molecule has 1 saturated carbocycles. The number of rotatable bonds is 6. The van der Waals surface area contributed by atoms with Crippen LogP contribution < -0.4 is 10.6 Å². The van der Waals surface area contributed by atoms with Gasteiger partial charge in [0, 0.05) is 31.0 Å². The zero-order valence-electron chi connectivity index (χ0n) is 11.6. The van der Waals surface area contributed by atoms with E-state index in [-0.39, 0.29) is 5.91 Å². The van der Waals surface area contributed by atoms with Crippen molar-refractivity contribution in [1.82, 2.24) is 20.2 Å². The molecule has 2 aliphatic rings. The molecule has 0 radical (unpaired) electrons. The third-order valence-corrected chi connectivity index (χ3v) is 3.84. The molecule has 20 heavy (non-hydrogen) atoms. The second-order valence-corrected chi connectivity index (χ2v) is 5.57. The van der Waals surface area contributed by atoms with Crippen molar-refractivity contribution in [2.75, 3.05) is 25.0 Å². The highest BCUT2D eigenvalue weighted by atomic mass is 16.2. The van der Waals surface area contributed by atoms with Crippen LogP contribution in [0.2, 0.25) is 0 Å². The number of nitrogens with one attached hydrogen (secondary N) is 2.